The summed E-state index contributed by atoms with van der Waals surface area (Å²) >= 11 is 0. The molecule has 0 saturated carbocycles. The molecule has 0 atom stereocenters. The first kappa shape index (κ1) is 19.5. The molecule has 0 saturated heterocycles. The highest BCUT2D eigenvalue weighted by Gasteiger charge is 2.07. The van der Waals surface area contributed by atoms with E-state index in [1.807, 2.05) is 49.3 Å². The van der Waals surface area contributed by atoms with Crippen molar-refractivity contribution in [2.45, 2.75) is 0 Å². The number of nitrogens with one attached hydrogen (secondary N) is 1. The van der Waals surface area contributed by atoms with Gasteiger partial charge in [0.15, 0.2) is 5.82 Å². The Kier molecular flexibility index (Phi) is 6.15. The van der Waals surface area contributed by atoms with Crippen molar-refractivity contribution in [3.8, 4) is 0 Å². The minimum Gasteiger partial charge on any atom is -0.378 e. The van der Waals surface area contributed by atoms with Crippen molar-refractivity contribution < 1.29 is 4.92 Å². The van der Waals surface area contributed by atoms with Crippen molar-refractivity contribution in [1.82, 2.24) is 9.97 Å². The number of azo groups is 1. The van der Waals surface area contributed by atoms with Crippen LogP contribution >= 0.6 is 0 Å². The summed E-state index contributed by atoms with van der Waals surface area (Å²) in [6.07, 6.45) is 2.74. The van der Waals surface area contributed by atoms with Crippen LogP contribution in [0.2, 0.25) is 0 Å². The molecular formula is C19H18N8O2. The second kappa shape index (κ2) is 9.13. The second-order valence-electron chi connectivity index (χ2n) is 6.04. The fourth-order valence-electron chi connectivity index (χ4n) is 2.22. The summed E-state index contributed by atoms with van der Waals surface area (Å²) in [6, 6.07) is 15.8. The van der Waals surface area contributed by atoms with E-state index in [-0.39, 0.29) is 17.3 Å². The fraction of sp³-hybridized carbons (Fsp3) is 0.105. The average Bonchev–Trinajstić information content (AvgIpc) is 2.75. The van der Waals surface area contributed by atoms with Crippen molar-refractivity contribution >= 4 is 28.7 Å². The first-order valence-electron chi connectivity index (χ1n) is 8.57. The van der Waals surface area contributed by atoms with Crippen LogP contribution in [0, 0.1) is 10.1 Å². The number of nitrogens with zero attached hydrogens (tertiary/aromatic N) is 7. The number of hydrogen-bond donors (Lipinski definition) is 1. The Morgan fingerprint density at radius 1 is 1.07 bits per heavy atom. The van der Waals surface area contributed by atoms with Crippen LogP contribution in [0.4, 0.5) is 22.9 Å². The highest BCUT2D eigenvalue weighted by atomic mass is 16.6. The van der Waals surface area contributed by atoms with Gasteiger partial charge in [0.25, 0.3) is 5.69 Å². The van der Waals surface area contributed by atoms with Gasteiger partial charge in [-0.25, -0.2) is 4.98 Å². The molecule has 2 heterocycles. The largest absolute Gasteiger partial charge is 0.378 e. The highest BCUT2D eigenvalue weighted by molar-refractivity contribution is 5.97. The molecule has 0 aliphatic carbocycles. The Morgan fingerprint density at radius 3 is 2.45 bits per heavy atom. The molecular weight excluding hydrogens is 372 g/mol. The number of hydrazone groups is 1. The van der Waals surface area contributed by atoms with Gasteiger partial charge in [0.1, 0.15) is 11.9 Å². The number of hydrogen-bond acceptors (Lipinski definition) is 8. The van der Waals surface area contributed by atoms with Crippen LogP contribution in [-0.4, -0.2) is 34.8 Å². The van der Waals surface area contributed by atoms with E-state index in [2.05, 4.69) is 30.7 Å². The Morgan fingerprint density at radius 2 is 1.86 bits per heavy atom. The number of aromatic nitrogens is 2. The van der Waals surface area contributed by atoms with Gasteiger partial charge >= 0.3 is 0 Å². The molecule has 2 aromatic heterocycles. The predicted molar refractivity (Wildman–Crippen MR) is 111 cm³/mol. The summed E-state index contributed by atoms with van der Waals surface area (Å²) in [6.45, 7) is 0. The molecule has 0 spiro atoms. The number of anilines is 2. The molecule has 3 aromatic rings. The monoisotopic (exact) mass is 390 g/mol. The van der Waals surface area contributed by atoms with Gasteiger partial charge in [-0.15, -0.1) is 10.2 Å². The molecule has 3 rings (SSSR count). The van der Waals surface area contributed by atoms with Crippen molar-refractivity contribution in [3.05, 3.63) is 82.8 Å². The minimum absolute atomic E-state index is 0.120. The van der Waals surface area contributed by atoms with Gasteiger partial charge in [0, 0.05) is 32.0 Å². The molecule has 0 unspecified atom stereocenters. The molecule has 0 bridgehead atoms. The molecule has 0 fully saturated rings. The van der Waals surface area contributed by atoms with E-state index >= 15 is 0 Å². The Balaban J connectivity index is 1.82. The average molecular weight is 390 g/mol. The third kappa shape index (κ3) is 5.39. The Labute approximate surface area is 166 Å². The SMILES string of the molecule is CN(C)c1ccc(NN=C(N=Nc2ccc([N+](=O)[O-])cn2)c2ccccn2)cc1. The van der Waals surface area contributed by atoms with Gasteiger partial charge in [-0.1, -0.05) is 6.07 Å². The van der Waals surface area contributed by atoms with Gasteiger partial charge in [0.05, 0.1) is 10.6 Å². The lowest BCUT2D eigenvalue weighted by Gasteiger charge is -2.12. The fourth-order valence-corrected chi connectivity index (χ4v) is 2.22. The maximum Gasteiger partial charge on any atom is 0.287 e. The summed E-state index contributed by atoms with van der Waals surface area (Å²) in [5.41, 5.74) is 5.16. The van der Waals surface area contributed by atoms with Crippen LogP contribution in [0.1, 0.15) is 5.69 Å². The first-order chi connectivity index (χ1) is 14.0. The summed E-state index contributed by atoms with van der Waals surface area (Å²) in [4.78, 5) is 20.3. The van der Waals surface area contributed by atoms with E-state index in [4.69, 9.17) is 0 Å². The highest BCUT2D eigenvalue weighted by Crippen LogP contribution is 2.17. The van der Waals surface area contributed by atoms with E-state index in [1.54, 1.807) is 18.3 Å². The van der Waals surface area contributed by atoms with Crippen molar-refractivity contribution in [3.63, 3.8) is 0 Å². The summed E-state index contributed by atoms with van der Waals surface area (Å²) < 4.78 is 0. The third-order valence-corrected chi connectivity index (χ3v) is 3.76. The van der Waals surface area contributed by atoms with Crippen molar-refractivity contribution in [1.29, 1.82) is 0 Å². The van der Waals surface area contributed by atoms with Crippen LogP contribution in [0.25, 0.3) is 0 Å². The third-order valence-electron chi connectivity index (χ3n) is 3.76. The maximum atomic E-state index is 10.7. The standard InChI is InChI=1S/C19H18N8O2/c1-26(2)15-8-6-14(7-9-15)22-24-19(17-5-3-4-12-20-17)25-23-18-11-10-16(13-21-18)27(28)29/h3-13,22H,1-2H3. The van der Waals surface area contributed by atoms with Gasteiger partial charge in [-0.2, -0.15) is 5.10 Å². The van der Waals surface area contributed by atoms with Crippen LogP contribution in [0.5, 0.6) is 0 Å². The van der Waals surface area contributed by atoms with Gasteiger partial charge in [-0.05, 0) is 42.5 Å². The Bertz CT molecular complexity index is 1020. The first-order valence-corrected chi connectivity index (χ1v) is 8.57. The molecule has 10 nitrogen and oxygen atoms in total. The van der Waals surface area contributed by atoms with Crippen LogP contribution in [0.15, 0.2) is 82.3 Å². The van der Waals surface area contributed by atoms with Crippen LogP contribution in [-0.2, 0) is 0 Å². The molecule has 1 aromatic carbocycles. The van der Waals surface area contributed by atoms with E-state index in [0.717, 1.165) is 17.6 Å². The quantitative estimate of drug-likeness (QED) is 0.223. The molecule has 146 valence electrons. The zero-order chi connectivity index (χ0) is 20.6. The smallest absolute Gasteiger partial charge is 0.287 e. The number of rotatable bonds is 6. The van der Waals surface area contributed by atoms with Crippen molar-refractivity contribution in [2.75, 3.05) is 24.4 Å². The number of amidine groups is 1. The second-order valence-corrected chi connectivity index (χ2v) is 6.04. The molecule has 0 aliphatic rings. The topological polar surface area (TPSA) is 121 Å². The Hall–Kier alpha value is -4.21. The van der Waals surface area contributed by atoms with E-state index in [0.29, 0.717) is 5.69 Å². The molecule has 1 N–H and O–H groups in total. The van der Waals surface area contributed by atoms with E-state index < -0.39 is 4.92 Å². The van der Waals surface area contributed by atoms with Crippen LogP contribution in [0.3, 0.4) is 0 Å². The summed E-state index contributed by atoms with van der Waals surface area (Å²) in [5.74, 6) is 0.456. The van der Waals surface area contributed by atoms with Gasteiger partial charge < -0.3 is 4.90 Å². The molecule has 29 heavy (non-hydrogen) atoms. The lowest BCUT2D eigenvalue weighted by molar-refractivity contribution is -0.385. The molecule has 0 amide bonds. The predicted octanol–water partition coefficient (Wildman–Crippen LogP) is 4.01. The number of nitro groups is 1. The minimum atomic E-state index is -0.528. The van der Waals surface area contributed by atoms with E-state index in [1.165, 1.54) is 12.1 Å². The summed E-state index contributed by atoms with van der Waals surface area (Å²) in [7, 11) is 3.93. The maximum absolute atomic E-state index is 10.7. The van der Waals surface area contributed by atoms with Crippen LogP contribution < -0.4 is 10.3 Å². The number of pyridine rings is 2. The molecule has 0 radical (unpaired) electrons. The summed E-state index contributed by atoms with van der Waals surface area (Å²) in [5, 5.41) is 23.1. The zero-order valence-corrected chi connectivity index (χ0v) is 15.8. The van der Waals surface area contributed by atoms with E-state index in [9.17, 15) is 10.1 Å². The lowest BCUT2D eigenvalue weighted by atomic mass is 10.3. The normalized spacial score (nSPS) is 11.4. The van der Waals surface area contributed by atoms with Crippen molar-refractivity contribution in [2.24, 2.45) is 15.3 Å². The number of benzene rings is 1. The molecule has 10 heteroatoms. The molecule has 0 aliphatic heterocycles. The van der Waals surface area contributed by atoms with Gasteiger partial charge in [-0.3, -0.25) is 20.5 Å². The van der Waals surface area contributed by atoms with Gasteiger partial charge in [0.2, 0.25) is 5.84 Å². The lowest BCUT2D eigenvalue weighted by Crippen LogP contribution is -2.08. The zero-order valence-electron chi connectivity index (χ0n) is 15.8.